The second kappa shape index (κ2) is 13.7. The van der Waals surface area contributed by atoms with Crippen molar-refractivity contribution in [3.8, 4) is 5.75 Å². The molecule has 1 amide bonds. The van der Waals surface area contributed by atoms with Crippen LogP contribution >= 0.6 is 0 Å². The first-order valence-electron chi connectivity index (χ1n) is 13.4. The zero-order valence-corrected chi connectivity index (χ0v) is 23.6. The van der Waals surface area contributed by atoms with E-state index in [0.717, 1.165) is 0 Å². The topological polar surface area (TPSA) is 126 Å². The van der Waals surface area contributed by atoms with Gasteiger partial charge < -0.3 is 14.6 Å². The predicted molar refractivity (Wildman–Crippen MR) is 153 cm³/mol. The van der Waals surface area contributed by atoms with Crippen molar-refractivity contribution in [2.75, 3.05) is 25.5 Å². The number of amides is 1. The number of nitrogens with zero attached hydrogens (tertiary/aromatic N) is 1. The van der Waals surface area contributed by atoms with Crippen LogP contribution in [0.5, 0.6) is 5.75 Å². The Morgan fingerprint density at radius 3 is 2.49 bits per heavy atom. The van der Waals surface area contributed by atoms with E-state index in [-0.39, 0.29) is 41.9 Å². The number of halogens is 1. The van der Waals surface area contributed by atoms with Crippen molar-refractivity contribution in [3.63, 3.8) is 0 Å². The van der Waals surface area contributed by atoms with Gasteiger partial charge in [-0.05, 0) is 67.8 Å². The highest BCUT2D eigenvalue weighted by atomic mass is 32.2. The molecule has 2 atom stereocenters. The van der Waals surface area contributed by atoms with Gasteiger partial charge in [-0.2, -0.15) is 0 Å². The maximum Gasteiger partial charge on any atom is 0.266 e. The number of carbonyl (C=O) groups is 1. The van der Waals surface area contributed by atoms with E-state index in [4.69, 9.17) is 14.6 Å². The molecule has 3 N–H and O–H groups in total. The highest BCUT2D eigenvalue weighted by Crippen LogP contribution is 2.33. The van der Waals surface area contributed by atoms with Gasteiger partial charge in [-0.15, -0.1) is 0 Å². The van der Waals surface area contributed by atoms with Crippen molar-refractivity contribution in [1.82, 2.24) is 10.9 Å². The van der Waals surface area contributed by atoms with Crippen LogP contribution in [0.2, 0.25) is 0 Å². The Labute approximate surface area is 239 Å². The average Bonchev–Trinajstić information content (AvgIpc) is 3.33. The van der Waals surface area contributed by atoms with Crippen LogP contribution in [0.4, 0.5) is 4.39 Å². The van der Waals surface area contributed by atoms with Crippen LogP contribution in [0.15, 0.2) is 88.8 Å². The summed E-state index contributed by atoms with van der Waals surface area (Å²) in [6, 6.07) is 21.4. The van der Waals surface area contributed by atoms with Crippen LogP contribution in [0.25, 0.3) is 0 Å². The Balaban J connectivity index is 1.53. The maximum atomic E-state index is 14.0. The Morgan fingerprint density at radius 2 is 1.78 bits per heavy atom. The van der Waals surface area contributed by atoms with E-state index in [2.05, 4.69) is 15.8 Å². The number of benzene rings is 3. The molecule has 0 saturated heterocycles. The summed E-state index contributed by atoms with van der Waals surface area (Å²) in [5, 5.41) is 8.94. The van der Waals surface area contributed by atoms with E-state index >= 15 is 0 Å². The molecule has 0 aromatic heterocycles. The molecule has 0 radical (unpaired) electrons. The number of aliphatic imine (C=N–C) groups is 1. The number of aliphatic hydroxyl groups is 1. The number of aliphatic hydroxyl groups excluding tert-OH is 1. The number of sulfone groups is 1. The minimum Gasteiger partial charge on any atom is -0.494 e. The quantitative estimate of drug-likeness (QED) is 0.197. The Morgan fingerprint density at radius 1 is 1.07 bits per heavy atom. The number of hydrogen-bond acceptors (Lipinski definition) is 8. The van der Waals surface area contributed by atoms with Crippen molar-refractivity contribution in [2.24, 2.45) is 4.99 Å². The molecular formula is C30H34FN3O6S. The number of nitrogens with one attached hydrogen (secondary N) is 2. The number of hydrogen-bond donors (Lipinski definition) is 3. The molecule has 0 spiro atoms. The molecule has 218 valence electrons. The lowest BCUT2D eigenvalue weighted by Crippen LogP contribution is -2.55. The van der Waals surface area contributed by atoms with Gasteiger partial charge in [-0.3, -0.25) is 10.2 Å². The molecular weight excluding hydrogens is 549 g/mol. The fourth-order valence-corrected chi connectivity index (χ4v) is 5.82. The minimum atomic E-state index is -3.71. The maximum absolute atomic E-state index is 14.0. The summed E-state index contributed by atoms with van der Waals surface area (Å²) in [4.78, 5) is 18.4. The largest absolute Gasteiger partial charge is 0.494 e. The Kier molecular flexibility index (Phi) is 10.1. The summed E-state index contributed by atoms with van der Waals surface area (Å²) in [5.74, 6) is -0.411. The highest BCUT2D eigenvalue weighted by molar-refractivity contribution is 7.91. The van der Waals surface area contributed by atoms with Crippen LogP contribution < -0.4 is 15.6 Å². The van der Waals surface area contributed by atoms with Crippen LogP contribution in [0.3, 0.4) is 0 Å². The van der Waals surface area contributed by atoms with E-state index in [9.17, 15) is 17.6 Å². The normalized spacial score (nSPS) is 18.4. The molecule has 3 aromatic rings. The van der Waals surface area contributed by atoms with E-state index in [1.807, 2.05) is 0 Å². The summed E-state index contributed by atoms with van der Waals surface area (Å²) < 4.78 is 51.8. The molecule has 9 nitrogen and oxygen atoms in total. The van der Waals surface area contributed by atoms with Crippen molar-refractivity contribution >= 4 is 21.6 Å². The average molecular weight is 584 g/mol. The summed E-state index contributed by atoms with van der Waals surface area (Å²) >= 11 is 0. The van der Waals surface area contributed by atoms with Gasteiger partial charge in [0.05, 0.1) is 17.3 Å². The molecule has 0 fully saturated rings. The van der Waals surface area contributed by atoms with Crippen molar-refractivity contribution in [1.29, 1.82) is 0 Å². The standard InChI is InChI=1S/C30H34FN3O6S/c1-22-30(17-21-41(37,38)26-9-3-2-4-10-26,29(36)34-32-18-16-23-8-5-6-11-27(23)31)33-28(40-22)24-12-14-25(15-13-24)39-20-7-19-35/h2-6,8-15,22,32,35H,7,16-21H2,1H3,(H,34,36)/t22-,30-/m0/s1. The summed E-state index contributed by atoms with van der Waals surface area (Å²) in [7, 11) is -3.71. The lowest BCUT2D eigenvalue weighted by atomic mass is 9.90. The van der Waals surface area contributed by atoms with Gasteiger partial charge in [0.1, 0.15) is 17.7 Å². The number of hydrazine groups is 1. The third kappa shape index (κ3) is 7.49. The highest BCUT2D eigenvalue weighted by Gasteiger charge is 2.50. The molecule has 11 heteroatoms. The fourth-order valence-electron chi connectivity index (χ4n) is 4.44. The van der Waals surface area contributed by atoms with E-state index < -0.39 is 27.4 Å². The number of rotatable bonds is 14. The van der Waals surface area contributed by atoms with Crippen molar-refractivity contribution < 1.29 is 32.2 Å². The van der Waals surface area contributed by atoms with Crippen LogP contribution in [-0.4, -0.2) is 62.5 Å². The van der Waals surface area contributed by atoms with E-state index in [1.54, 1.807) is 67.6 Å². The third-order valence-electron chi connectivity index (χ3n) is 6.86. The second-order valence-electron chi connectivity index (χ2n) is 9.66. The molecule has 1 heterocycles. The van der Waals surface area contributed by atoms with Gasteiger partial charge in [0.25, 0.3) is 5.91 Å². The summed E-state index contributed by atoms with van der Waals surface area (Å²) in [5.41, 5.74) is 5.01. The van der Waals surface area contributed by atoms with E-state index in [0.29, 0.717) is 36.3 Å². The van der Waals surface area contributed by atoms with Crippen LogP contribution in [0, 0.1) is 5.82 Å². The van der Waals surface area contributed by atoms with Crippen molar-refractivity contribution in [3.05, 3.63) is 95.8 Å². The molecule has 0 saturated carbocycles. The predicted octanol–water partition coefficient (Wildman–Crippen LogP) is 3.22. The van der Waals surface area contributed by atoms with Gasteiger partial charge in [0.2, 0.25) is 5.90 Å². The number of ether oxygens (including phenoxy) is 2. The zero-order chi connectivity index (χ0) is 29.3. The monoisotopic (exact) mass is 583 g/mol. The van der Waals surface area contributed by atoms with Crippen molar-refractivity contribution in [2.45, 2.75) is 42.7 Å². The summed E-state index contributed by atoms with van der Waals surface area (Å²) in [6.45, 7) is 2.32. The molecule has 0 bridgehead atoms. The van der Waals surface area contributed by atoms with Gasteiger partial charge in [-0.1, -0.05) is 36.4 Å². The molecule has 0 aliphatic carbocycles. The van der Waals surface area contributed by atoms with E-state index in [1.165, 1.54) is 18.2 Å². The molecule has 1 aliphatic heterocycles. The molecule has 0 unspecified atom stereocenters. The molecule has 41 heavy (non-hydrogen) atoms. The van der Waals surface area contributed by atoms with Gasteiger partial charge >= 0.3 is 0 Å². The molecule has 3 aromatic carbocycles. The fraction of sp³-hybridized carbons (Fsp3) is 0.333. The number of carbonyl (C=O) groups excluding carboxylic acids is 1. The SMILES string of the molecule is C[C@@H]1OC(c2ccc(OCCCO)cc2)=N[C@]1(CCS(=O)(=O)c1ccccc1)C(=O)NNCCc1ccccc1F. The zero-order valence-electron chi connectivity index (χ0n) is 22.8. The second-order valence-corrected chi connectivity index (χ2v) is 11.8. The first-order valence-corrected chi connectivity index (χ1v) is 15.1. The first-order chi connectivity index (χ1) is 19.7. The lowest BCUT2D eigenvalue weighted by molar-refractivity contribution is -0.129. The lowest BCUT2D eigenvalue weighted by Gasteiger charge is -2.28. The smallest absolute Gasteiger partial charge is 0.266 e. The van der Waals surface area contributed by atoms with Gasteiger partial charge in [0.15, 0.2) is 15.4 Å². The van der Waals surface area contributed by atoms with Gasteiger partial charge in [0, 0.05) is 25.1 Å². The minimum absolute atomic E-state index is 0.0305. The molecule has 4 rings (SSSR count). The molecule has 1 aliphatic rings. The van der Waals surface area contributed by atoms with Crippen LogP contribution in [-0.2, 0) is 25.8 Å². The Hall–Kier alpha value is -3.80. The van der Waals surface area contributed by atoms with Crippen LogP contribution in [0.1, 0.15) is 30.9 Å². The van der Waals surface area contributed by atoms with Gasteiger partial charge in [-0.25, -0.2) is 23.2 Å². The Bertz CT molecular complexity index is 1450. The third-order valence-corrected chi connectivity index (χ3v) is 8.59. The first kappa shape index (κ1) is 30.2. The summed E-state index contributed by atoms with van der Waals surface area (Å²) in [6.07, 6.45) is -0.0713.